The first-order chi connectivity index (χ1) is 17.0. The van der Waals surface area contributed by atoms with Gasteiger partial charge in [-0.05, 0) is 53.9 Å². The molecule has 0 saturated carbocycles. The number of methoxy groups -OCH3 is 1. The van der Waals surface area contributed by atoms with Crippen LogP contribution in [0.25, 0.3) is 16.3 Å². The molecule has 0 aromatic heterocycles. The summed E-state index contributed by atoms with van der Waals surface area (Å²) in [6.45, 7) is 6.37. The summed E-state index contributed by atoms with van der Waals surface area (Å²) in [5.74, 6) is 0.846. The van der Waals surface area contributed by atoms with E-state index in [1.165, 1.54) is 11.1 Å². The Morgan fingerprint density at radius 3 is 2.49 bits per heavy atom. The molecule has 0 radical (unpaired) electrons. The van der Waals surface area contributed by atoms with Crippen LogP contribution >= 0.6 is 0 Å². The van der Waals surface area contributed by atoms with Crippen LogP contribution in [0.5, 0.6) is 5.75 Å². The van der Waals surface area contributed by atoms with Crippen LogP contribution in [0.2, 0.25) is 0 Å². The number of likely N-dealkylation sites (N-methyl/N-ethyl adjacent to an activating group) is 1. The molecule has 2 aliphatic heterocycles. The van der Waals surface area contributed by atoms with Gasteiger partial charge in [0.2, 0.25) is 5.91 Å². The molecule has 0 spiro atoms. The monoisotopic (exact) mass is 468 g/mol. The molecule has 0 aliphatic carbocycles. The number of carbonyl (C=O) groups is 1. The molecule has 0 atom stereocenters. The first-order valence-electron chi connectivity index (χ1n) is 12.1. The van der Waals surface area contributed by atoms with Gasteiger partial charge in [0.25, 0.3) is 0 Å². The molecule has 3 aromatic carbocycles. The number of hydrogen-bond acceptors (Lipinski definition) is 5. The number of nitrogens with one attached hydrogen (secondary N) is 1. The third-order valence-corrected chi connectivity index (χ3v) is 6.82. The minimum absolute atomic E-state index is 0.0652. The van der Waals surface area contributed by atoms with Crippen LogP contribution in [-0.4, -0.2) is 57.7 Å². The standard InChI is InChI=1S/C29H32N4O2/c1-21(34)30-27-12-11-24(25-8-4-5-9-26(25)27)22-7-6-14-33(20-22)23-10-13-29(35-3)28(19-23)32-17-15-31(2)16-18-32/h4-14,19H,15-18,20H2,1-3H3,(H,30,34). The number of carbonyl (C=O) groups excluding carboxylic acids is 1. The van der Waals surface area contributed by atoms with E-state index in [4.69, 9.17) is 4.74 Å². The lowest BCUT2D eigenvalue weighted by molar-refractivity contribution is -0.114. The SMILES string of the molecule is COc1ccc(N2C=CC=C(c3ccc(NC(C)=O)c4ccccc34)C2)cc1N1CCN(C)CC1. The Kier molecular flexibility index (Phi) is 6.47. The van der Waals surface area contributed by atoms with E-state index in [2.05, 4.69) is 81.8 Å². The van der Waals surface area contributed by atoms with E-state index >= 15 is 0 Å². The van der Waals surface area contributed by atoms with Crippen molar-refractivity contribution < 1.29 is 9.53 Å². The second kappa shape index (κ2) is 9.84. The zero-order chi connectivity index (χ0) is 24.4. The minimum atomic E-state index is -0.0652. The number of allylic oxidation sites excluding steroid dienone is 2. The van der Waals surface area contributed by atoms with Gasteiger partial charge in [-0.3, -0.25) is 4.79 Å². The van der Waals surface area contributed by atoms with E-state index in [9.17, 15) is 4.79 Å². The number of ether oxygens (including phenoxy) is 1. The predicted octanol–water partition coefficient (Wildman–Crippen LogP) is 4.98. The highest BCUT2D eigenvalue weighted by Gasteiger charge is 2.20. The Balaban J connectivity index is 1.45. The number of anilines is 3. The van der Waals surface area contributed by atoms with Crippen molar-refractivity contribution in [1.82, 2.24) is 4.90 Å². The van der Waals surface area contributed by atoms with Crippen molar-refractivity contribution in [2.45, 2.75) is 6.92 Å². The topological polar surface area (TPSA) is 48.1 Å². The summed E-state index contributed by atoms with van der Waals surface area (Å²) in [7, 11) is 3.91. The Morgan fingerprint density at radius 1 is 0.971 bits per heavy atom. The third kappa shape index (κ3) is 4.75. The van der Waals surface area contributed by atoms with E-state index in [0.717, 1.165) is 66.3 Å². The van der Waals surface area contributed by atoms with Crippen molar-refractivity contribution in [3.8, 4) is 5.75 Å². The van der Waals surface area contributed by atoms with Gasteiger partial charge >= 0.3 is 0 Å². The smallest absolute Gasteiger partial charge is 0.221 e. The maximum atomic E-state index is 11.7. The van der Waals surface area contributed by atoms with Crippen LogP contribution < -0.4 is 19.9 Å². The van der Waals surface area contributed by atoms with Gasteiger partial charge in [-0.1, -0.05) is 36.4 Å². The van der Waals surface area contributed by atoms with Crippen LogP contribution in [0, 0.1) is 0 Å². The average molecular weight is 469 g/mol. The van der Waals surface area contributed by atoms with Crippen LogP contribution in [0.1, 0.15) is 12.5 Å². The van der Waals surface area contributed by atoms with Crippen LogP contribution in [0.15, 0.2) is 72.9 Å². The molecule has 180 valence electrons. The highest BCUT2D eigenvalue weighted by molar-refractivity contribution is 6.06. The van der Waals surface area contributed by atoms with Crippen molar-refractivity contribution in [3.63, 3.8) is 0 Å². The summed E-state index contributed by atoms with van der Waals surface area (Å²) in [6, 6.07) is 18.8. The van der Waals surface area contributed by atoms with Crippen LogP contribution in [0.4, 0.5) is 17.1 Å². The van der Waals surface area contributed by atoms with Gasteiger partial charge in [0.15, 0.2) is 0 Å². The van der Waals surface area contributed by atoms with Gasteiger partial charge in [-0.15, -0.1) is 0 Å². The second-order valence-electron chi connectivity index (χ2n) is 9.20. The fraction of sp³-hybridized carbons (Fsp3) is 0.276. The summed E-state index contributed by atoms with van der Waals surface area (Å²) >= 11 is 0. The van der Waals surface area contributed by atoms with Gasteiger partial charge in [0.05, 0.1) is 12.8 Å². The van der Waals surface area contributed by atoms with Crippen LogP contribution in [-0.2, 0) is 4.79 Å². The number of amides is 1. The zero-order valence-electron chi connectivity index (χ0n) is 20.6. The maximum absolute atomic E-state index is 11.7. The Morgan fingerprint density at radius 2 is 1.74 bits per heavy atom. The lowest BCUT2D eigenvalue weighted by Gasteiger charge is -2.35. The van der Waals surface area contributed by atoms with Crippen molar-refractivity contribution in [2.75, 3.05) is 62.0 Å². The fourth-order valence-corrected chi connectivity index (χ4v) is 4.93. The van der Waals surface area contributed by atoms with Gasteiger partial charge in [0, 0.05) is 62.6 Å². The molecule has 1 amide bonds. The summed E-state index contributed by atoms with van der Waals surface area (Å²) in [4.78, 5) is 18.8. The normalized spacial score (nSPS) is 16.4. The highest BCUT2D eigenvalue weighted by Crippen LogP contribution is 2.36. The van der Waals surface area contributed by atoms with Crippen molar-refractivity contribution in [2.24, 2.45) is 0 Å². The molecule has 6 heteroatoms. The van der Waals surface area contributed by atoms with E-state index in [0.29, 0.717) is 0 Å². The molecule has 1 saturated heterocycles. The fourth-order valence-electron chi connectivity index (χ4n) is 4.93. The molecule has 35 heavy (non-hydrogen) atoms. The molecule has 2 heterocycles. The first kappa shape index (κ1) is 23.0. The Labute approximate surface area is 207 Å². The lowest BCUT2D eigenvalue weighted by atomic mass is 9.95. The summed E-state index contributed by atoms with van der Waals surface area (Å²) in [6.07, 6.45) is 6.42. The third-order valence-electron chi connectivity index (χ3n) is 6.82. The van der Waals surface area contributed by atoms with Crippen molar-refractivity contribution in [1.29, 1.82) is 0 Å². The highest BCUT2D eigenvalue weighted by atomic mass is 16.5. The van der Waals surface area contributed by atoms with Crippen molar-refractivity contribution >= 4 is 39.3 Å². The van der Waals surface area contributed by atoms with Crippen LogP contribution in [0.3, 0.4) is 0 Å². The lowest BCUT2D eigenvalue weighted by Crippen LogP contribution is -2.44. The number of hydrogen-bond donors (Lipinski definition) is 1. The molecule has 6 nitrogen and oxygen atoms in total. The number of rotatable bonds is 5. The molecule has 5 rings (SSSR count). The number of fused-ring (bicyclic) bond motifs is 1. The number of nitrogens with zero attached hydrogens (tertiary/aromatic N) is 3. The van der Waals surface area contributed by atoms with Gasteiger partial charge < -0.3 is 24.8 Å². The first-order valence-corrected chi connectivity index (χ1v) is 12.1. The molecule has 0 unspecified atom stereocenters. The van der Waals surface area contributed by atoms with Gasteiger partial charge in [0.1, 0.15) is 5.75 Å². The zero-order valence-corrected chi connectivity index (χ0v) is 20.6. The van der Waals surface area contributed by atoms with E-state index in [1.807, 2.05) is 18.2 Å². The van der Waals surface area contributed by atoms with E-state index < -0.39 is 0 Å². The van der Waals surface area contributed by atoms with Gasteiger partial charge in [-0.25, -0.2) is 0 Å². The van der Waals surface area contributed by atoms with Crippen molar-refractivity contribution in [3.05, 3.63) is 78.5 Å². The minimum Gasteiger partial charge on any atom is -0.495 e. The molecule has 1 fully saturated rings. The predicted molar refractivity (Wildman–Crippen MR) is 145 cm³/mol. The molecule has 3 aromatic rings. The molecule has 2 aliphatic rings. The Bertz CT molecular complexity index is 1310. The summed E-state index contributed by atoms with van der Waals surface area (Å²) in [5, 5.41) is 5.14. The molecule has 1 N–H and O–H groups in total. The summed E-state index contributed by atoms with van der Waals surface area (Å²) < 4.78 is 5.71. The molecule has 0 bridgehead atoms. The molecular weight excluding hydrogens is 436 g/mol. The van der Waals surface area contributed by atoms with E-state index in [1.54, 1.807) is 14.0 Å². The summed E-state index contributed by atoms with van der Waals surface area (Å²) in [5.41, 5.74) is 5.54. The number of benzene rings is 3. The quantitative estimate of drug-likeness (QED) is 0.573. The Hall–Kier alpha value is -3.77. The average Bonchev–Trinajstić information content (AvgIpc) is 2.89. The maximum Gasteiger partial charge on any atom is 0.221 e. The number of piperazine rings is 1. The van der Waals surface area contributed by atoms with Gasteiger partial charge in [-0.2, -0.15) is 0 Å². The molecular formula is C29H32N4O2. The second-order valence-corrected chi connectivity index (χ2v) is 9.20. The van der Waals surface area contributed by atoms with E-state index in [-0.39, 0.29) is 5.91 Å². The largest absolute Gasteiger partial charge is 0.495 e.